The molecule has 1 aromatic heterocycles. The van der Waals surface area contributed by atoms with Crippen LogP contribution in [0.3, 0.4) is 0 Å². The monoisotopic (exact) mass is 504 g/mol. The molecule has 0 aliphatic rings. The van der Waals surface area contributed by atoms with Crippen molar-refractivity contribution in [1.82, 2.24) is 15.7 Å². The predicted molar refractivity (Wildman–Crippen MR) is 129 cm³/mol. The van der Waals surface area contributed by atoms with Crippen LogP contribution < -0.4 is 15.5 Å². The maximum absolute atomic E-state index is 12.5. The van der Waals surface area contributed by atoms with E-state index in [2.05, 4.69) is 20.8 Å². The van der Waals surface area contributed by atoms with Crippen LogP contribution in [0, 0.1) is 6.92 Å². The van der Waals surface area contributed by atoms with E-state index in [0.717, 1.165) is 5.56 Å². The van der Waals surface area contributed by atoms with Crippen LogP contribution in [0.2, 0.25) is 0 Å². The van der Waals surface area contributed by atoms with Gasteiger partial charge in [-0.3, -0.25) is 14.6 Å². The number of halogens is 3. The minimum atomic E-state index is -1.92. The summed E-state index contributed by atoms with van der Waals surface area (Å²) >= 11 is 18.0. The maximum atomic E-state index is 12.5. The number of hydrazone groups is 1. The number of aromatic nitrogens is 1. The number of carbonyl (C=O) groups is 2. The first-order chi connectivity index (χ1) is 15.7. The summed E-state index contributed by atoms with van der Waals surface area (Å²) < 4.78 is 3.78. The molecule has 2 aromatic carbocycles. The van der Waals surface area contributed by atoms with Crippen LogP contribution in [-0.2, 0) is 0 Å². The van der Waals surface area contributed by atoms with Gasteiger partial charge in [0, 0.05) is 23.5 Å². The van der Waals surface area contributed by atoms with E-state index < -0.39 is 15.9 Å². The molecule has 170 valence electrons. The number of alkyl halides is 3. The summed E-state index contributed by atoms with van der Waals surface area (Å²) in [5.41, 5.74) is 4.98. The highest BCUT2D eigenvalue weighted by molar-refractivity contribution is 6.68. The summed E-state index contributed by atoms with van der Waals surface area (Å²) in [6.07, 6.45) is 3.26. The van der Waals surface area contributed by atoms with Gasteiger partial charge in [0.1, 0.15) is 5.75 Å². The number of amides is 2. The number of hydrogen-bond donors (Lipinski definition) is 2. The highest BCUT2D eigenvalue weighted by Gasteiger charge is 2.36. The largest absolute Gasteiger partial charge is 0.466 e. The van der Waals surface area contributed by atoms with E-state index in [1.165, 1.54) is 18.6 Å². The van der Waals surface area contributed by atoms with Crippen molar-refractivity contribution in [3.05, 3.63) is 95.3 Å². The fraction of sp³-hybridized carbons (Fsp3) is 0.130. The Morgan fingerprint density at radius 3 is 2.15 bits per heavy atom. The van der Waals surface area contributed by atoms with E-state index in [4.69, 9.17) is 39.5 Å². The Morgan fingerprint density at radius 2 is 1.55 bits per heavy atom. The van der Waals surface area contributed by atoms with Crippen molar-refractivity contribution < 1.29 is 14.3 Å². The molecule has 2 amide bonds. The van der Waals surface area contributed by atoms with Crippen molar-refractivity contribution >= 4 is 52.8 Å². The minimum Gasteiger partial charge on any atom is -0.466 e. The number of ether oxygens (including phenoxy) is 1. The summed E-state index contributed by atoms with van der Waals surface area (Å²) in [6, 6.07) is 16.7. The Balaban J connectivity index is 1.61. The Labute approximate surface area is 205 Å². The minimum absolute atomic E-state index is 0.355. The van der Waals surface area contributed by atoms with Gasteiger partial charge in [-0.25, -0.2) is 5.43 Å². The first kappa shape index (κ1) is 24.5. The van der Waals surface area contributed by atoms with Gasteiger partial charge >= 0.3 is 0 Å². The molecule has 0 bridgehead atoms. The molecule has 1 heterocycles. The summed E-state index contributed by atoms with van der Waals surface area (Å²) in [7, 11) is 0. The van der Waals surface area contributed by atoms with E-state index in [9.17, 15) is 9.59 Å². The Kier molecular flexibility index (Phi) is 8.27. The third-order valence-corrected chi connectivity index (χ3v) is 4.92. The zero-order valence-electron chi connectivity index (χ0n) is 17.3. The van der Waals surface area contributed by atoms with Crippen molar-refractivity contribution in [2.75, 3.05) is 0 Å². The molecule has 3 rings (SSSR count). The molecule has 3 aromatic rings. The predicted octanol–water partition coefficient (Wildman–Crippen LogP) is 4.66. The van der Waals surface area contributed by atoms with Crippen molar-refractivity contribution in [3.63, 3.8) is 0 Å². The molecule has 2 N–H and O–H groups in total. The lowest BCUT2D eigenvalue weighted by atomic mass is 10.1. The molecule has 0 spiro atoms. The second-order valence-corrected chi connectivity index (χ2v) is 9.25. The standard InChI is InChI=1S/C23H19Cl3N4O3/c1-15-2-6-17(7-3-15)20(31)29-22(23(24,25)26)33-19-8-4-16(5-9-19)14-28-30-21(32)18-10-12-27-13-11-18/h2-14,22H,1H3,(H,29,31)(H,30,32)/b28-14-/t22-/m0/s1. The second kappa shape index (κ2) is 11.1. The van der Waals surface area contributed by atoms with E-state index >= 15 is 0 Å². The van der Waals surface area contributed by atoms with Crippen molar-refractivity contribution in [2.24, 2.45) is 5.10 Å². The molecule has 0 radical (unpaired) electrons. The number of rotatable bonds is 7. The summed E-state index contributed by atoms with van der Waals surface area (Å²) in [6.45, 7) is 1.91. The van der Waals surface area contributed by atoms with Crippen LogP contribution in [0.1, 0.15) is 31.8 Å². The smallest absolute Gasteiger partial charge is 0.271 e. The van der Waals surface area contributed by atoms with Gasteiger partial charge in [0.15, 0.2) is 0 Å². The molecule has 0 aliphatic carbocycles. The zero-order chi connectivity index (χ0) is 23.8. The quantitative estimate of drug-likeness (QED) is 0.211. The molecule has 0 aliphatic heterocycles. The molecular weight excluding hydrogens is 487 g/mol. The van der Waals surface area contributed by atoms with Gasteiger partial charge in [0.25, 0.3) is 11.8 Å². The normalized spacial score (nSPS) is 12.2. The van der Waals surface area contributed by atoms with E-state index in [-0.39, 0.29) is 5.91 Å². The van der Waals surface area contributed by atoms with Crippen LogP contribution in [0.15, 0.2) is 78.2 Å². The Hall–Kier alpha value is -3.13. The number of carbonyl (C=O) groups excluding carboxylic acids is 2. The third kappa shape index (κ3) is 7.46. The van der Waals surface area contributed by atoms with E-state index in [1.54, 1.807) is 60.7 Å². The van der Waals surface area contributed by atoms with Gasteiger partial charge in [0.2, 0.25) is 10.0 Å². The van der Waals surface area contributed by atoms with E-state index in [1.807, 2.05) is 6.92 Å². The molecule has 0 saturated carbocycles. The van der Waals surface area contributed by atoms with Crippen LogP contribution >= 0.6 is 34.8 Å². The average Bonchev–Trinajstić information content (AvgIpc) is 2.80. The lowest BCUT2D eigenvalue weighted by Gasteiger charge is -2.26. The van der Waals surface area contributed by atoms with Gasteiger partial charge in [-0.15, -0.1) is 0 Å². The van der Waals surface area contributed by atoms with Crippen molar-refractivity contribution in [1.29, 1.82) is 0 Å². The fourth-order valence-corrected chi connectivity index (χ4v) is 2.88. The van der Waals surface area contributed by atoms with Gasteiger partial charge in [-0.2, -0.15) is 5.10 Å². The lowest BCUT2D eigenvalue weighted by molar-refractivity contribution is 0.0832. The number of benzene rings is 2. The maximum Gasteiger partial charge on any atom is 0.271 e. The summed E-state index contributed by atoms with van der Waals surface area (Å²) in [4.78, 5) is 28.3. The number of pyridine rings is 1. The van der Waals surface area contributed by atoms with Crippen LogP contribution in [-0.4, -0.2) is 33.0 Å². The Morgan fingerprint density at radius 1 is 0.939 bits per heavy atom. The first-order valence-electron chi connectivity index (χ1n) is 9.67. The highest BCUT2D eigenvalue weighted by atomic mass is 35.6. The lowest BCUT2D eigenvalue weighted by Crippen LogP contribution is -2.47. The molecule has 33 heavy (non-hydrogen) atoms. The van der Waals surface area contributed by atoms with Gasteiger partial charge < -0.3 is 10.1 Å². The third-order valence-electron chi connectivity index (χ3n) is 4.33. The molecule has 0 fully saturated rings. The van der Waals surface area contributed by atoms with Crippen molar-refractivity contribution in [2.45, 2.75) is 16.9 Å². The molecule has 0 unspecified atom stereocenters. The molecule has 0 saturated heterocycles. The molecule has 10 heteroatoms. The van der Waals surface area contributed by atoms with Gasteiger partial charge in [-0.05, 0) is 61.0 Å². The fourth-order valence-electron chi connectivity index (χ4n) is 2.59. The number of nitrogens with one attached hydrogen (secondary N) is 2. The first-order valence-corrected chi connectivity index (χ1v) is 10.8. The molecule has 1 atom stereocenters. The number of hydrogen-bond acceptors (Lipinski definition) is 5. The van der Waals surface area contributed by atoms with Gasteiger partial charge in [-0.1, -0.05) is 52.5 Å². The SMILES string of the molecule is Cc1ccc(C(=O)N[C@@H](Oc2ccc(/C=N\NC(=O)c3ccncc3)cc2)C(Cl)(Cl)Cl)cc1. The zero-order valence-corrected chi connectivity index (χ0v) is 19.6. The van der Waals surface area contributed by atoms with Gasteiger partial charge in [0.05, 0.1) is 6.21 Å². The average molecular weight is 506 g/mol. The molecular formula is C23H19Cl3N4O3. The summed E-state index contributed by atoms with van der Waals surface area (Å²) in [5.74, 6) is -0.447. The Bertz CT molecular complexity index is 1120. The molecule has 7 nitrogen and oxygen atoms in total. The topological polar surface area (TPSA) is 92.7 Å². The number of nitrogens with zero attached hydrogens (tertiary/aromatic N) is 2. The van der Waals surface area contributed by atoms with Crippen LogP contribution in [0.5, 0.6) is 5.75 Å². The van der Waals surface area contributed by atoms with Crippen molar-refractivity contribution in [3.8, 4) is 5.75 Å². The van der Waals surface area contributed by atoms with Crippen LogP contribution in [0.4, 0.5) is 0 Å². The summed E-state index contributed by atoms with van der Waals surface area (Å²) in [5, 5.41) is 6.50. The highest BCUT2D eigenvalue weighted by Crippen LogP contribution is 2.32. The number of aryl methyl sites for hydroxylation is 1. The van der Waals surface area contributed by atoms with E-state index in [0.29, 0.717) is 22.4 Å². The second-order valence-electron chi connectivity index (χ2n) is 6.88. The van der Waals surface area contributed by atoms with Crippen LogP contribution in [0.25, 0.3) is 0 Å².